The monoisotopic (exact) mass is 322 g/mol. The number of ether oxygens (including phenoxy) is 2. The standard InChI is InChI=1S/C10H13NO2.C7H13NO2/c1-13-10(12)9(11)7-8-5-3-2-4-6-8;1-7(2,3)10-6(9)4-5-8/h2-6,9H,7,11H2,1H3;4-5H,8H2,1-3H3/t9-;/m1./s1. The summed E-state index contributed by atoms with van der Waals surface area (Å²) < 4.78 is 9.39. The molecule has 0 saturated heterocycles. The number of esters is 2. The van der Waals surface area contributed by atoms with Crippen LogP contribution in [0.4, 0.5) is 0 Å². The minimum absolute atomic E-state index is 0.371. The van der Waals surface area contributed by atoms with Crippen LogP contribution in [0.3, 0.4) is 0 Å². The summed E-state index contributed by atoms with van der Waals surface area (Å²) >= 11 is 0. The van der Waals surface area contributed by atoms with Crippen molar-refractivity contribution in [2.24, 2.45) is 11.5 Å². The molecule has 0 aliphatic heterocycles. The highest BCUT2D eigenvalue weighted by Crippen LogP contribution is 2.06. The quantitative estimate of drug-likeness (QED) is 0.643. The third-order valence-electron chi connectivity index (χ3n) is 2.44. The smallest absolute Gasteiger partial charge is 0.332 e. The average molecular weight is 322 g/mol. The fourth-order valence-corrected chi connectivity index (χ4v) is 1.52. The van der Waals surface area contributed by atoms with E-state index in [1.165, 1.54) is 13.2 Å². The Balaban J connectivity index is 0.000000438. The number of carbonyl (C=O) groups excluding carboxylic acids is 2. The van der Waals surface area contributed by atoms with Crippen molar-refractivity contribution in [1.82, 2.24) is 0 Å². The van der Waals surface area contributed by atoms with E-state index in [-0.39, 0.29) is 5.97 Å². The Morgan fingerprint density at radius 2 is 1.78 bits per heavy atom. The molecule has 1 aromatic carbocycles. The predicted octanol–water partition coefficient (Wildman–Crippen LogP) is 1.53. The second-order valence-corrected chi connectivity index (χ2v) is 5.71. The van der Waals surface area contributed by atoms with Crippen LogP contribution in [0.25, 0.3) is 0 Å². The fourth-order valence-electron chi connectivity index (χ4n) is 1.52. The van der Waals surface area contributed by atoms with Crippen molar-refractivity contribution in [2.75, 3.05) is 7.11 Å². The zero-order chi connectivity index (χ0) is 17.9. The Kier molecular flexibility index (Phi) is 9.34. The molecule has 0 spiro atoms. The van der Waals surface area contributed by atoms with Gasteiger partial charge in [-0.15, -0.1) is 0 Å². The van der Waals surface area contributed by atoms with Gasteiger partial charge < -0.3 is 20.9 Å². The molecule has 128 valence electrons. The van der Waals surface area contributed by atoms with Crippen LogP contribution in [0.2, 0.25) is 0 Å². The summed E-state index contributed by atoms with van der Waals surface area (Å²) in [5.41, 5.74) is 11.2. The highest BCUT2D eigenvalue weighted by atomic mass is 16.6. The minimum atomic E-state index is -0.563. The Hall–Kier alpha value is -2.34. The van der Waals surface area contributed by atoms with E-state index in [9.17, 15) is 9.59 Å². The highest BCUT2D eigenvalue weighted by molar-refractivity contribution is 5.82. The van der Waals surface area contributed by atoms with Crippen LogP contribution < -0.4 is 11.5 Å². The Morgan fingerprint density at radius 1 is 1.22 bits per heavy atom. The Labute approximate surface area is 137 Å². The van der Waals surface area contributed by atoms with Crippen LogP contribution in [-0.4, -0.2) is 30.7 Å². The van der Waals surface area contributed by atoms with Crippen molar-refractivity contribution in [3.63, 3.8) is 0 Å². The topological polar surface area (TPSA) is 105 Å². The molecule has 6 heteroatoms. The molecule has 23 heavy (non-hydrogen) atoms. The highest BCUT2D eigenvalue weighted by Gasteiger charge is 2.14. The first-order chi connectivity index (χ1) is 10.7. The summed E-state index contributed by atoms with van der Waals surface area (Å²) in [6.07, 6.45) is 2.87. The van der Waals surface area contributed by atoms with Crippen molar-refractivity contribution in [1.29, 1.82) is 0 Å². The van der Waals surface area contributed by atoms with Crippen molar-refractivity contribution < 1.29 is 19.1 Å². The molecular formula is C17H26N2O4. The van der Waals surface area contributed by atoms with Crippen molar-refractivity contribution in [3.8, 4) is 0 Å². The van der Waals surface area contributed by atoms with Crippen LogP contribution in [0.1, 0.15) is 26.3 Å². The molecule has 0 radical (unpaired) electrons. The lowest BCUT2D eigenvalue weighted by Crippen LogP contribution is -2.33. The molecular weight excluding hydrogens is 296 g/mol. The number of rotatable bonds is 4. The number of methoxy groups -OCH3 is 1. The van der Waals surface area contributed by atoms with E-state index in [4.69, 9.17) is 16.2 Å². The lowest BCUT2D eigenvalue weighted by molar-refractivity contribution is -0.148. The zero-order valence-electron chi connectivity index (χ0n) is 14.1. The summed E-state index contributed by atoms with van der Waals surface area (Å²) in [4.78, 5) is 21.6. The summed E-state index contributed by atoms with van der Waals surface area (Å²) in [6.45, 7) is 5.40. The van der Waals surface area contributed by atoms with E-state index in [1.807, 2.05) is 30.3 Å². The van der Waals surface area contributed by atoms with Crippen molar-refractivity contribution in [3.05, 3.63) is 48.2 Å². The van der Waals surface area contributed by atoms with Crippen molar-refractivity contribution >= 4 is 11.9 Å². The van der Waals surface area contributed by atoms with Crippen LogP contribution in [0, 0.1) is 0 Å². The molecule has 4 N–H and O–H groups in total. The lowest BCUT2D eigenvalue weighted by Gasteiger charge is -2.17. The number of benzene rings is 1. The third-order valence-corrected chi connectivity index (χ3v) is 2.44. The maximum absolute atomic E-state index is 11.0. The third kappa shape index (κ3) is 11.0. The Bertz CT molecular complexity index is 507. The lowest BCUT2D eigenvalue weighted by atomic mass is 10.1. The molecule has 0 amide bonds. The van der Waals surface area contributed by atoms with Crippen LogP contribution in [0.5, 0.6) is 0 Å². The van der Waals surface area contributed by atoms with Crippen LogP contribution in [0.15, 0.2) is 42.6 Å². The number of carbonyl (C=O) groups is 2. The van der Waals surface area contributed by atoms with Gasteiger partial charge in [0.25, 0.3) is 0 Å². The van der Waals surface area contributed by atoms with E-state index < -0.39 is 17.6 Å². The summed E-state index contributed by atoms with van der Waals surface area (Å²) in [5.74, 6) is -0.779. The van der Waals surface area contributed by atoms with Gasteiger partial charge in [-0.3, -0.25) is 4.79 Å². The summed E-state index contributed by atoms with van der Waals surface area (Å²) in [7, 11) is 1.34. The van der Waals surface area contributed by atoms with Gasteiger partial charge in [0.15, 0.2) is 0 Å². The number of hydrogen-bond acceptors (Lipinski definition) is 6. The Morgan fingerprint density at radius 3 is 2.22 bits per heavy atom. The molecule has 0 bridgehead atoms. The normalized spacial score (nSPS) is 12.0. The molecule has 0 aromatic heterocycles. The van der Waals surface area contributed by atoms with E-state index >= 15 is 0 Å². The maximum Gasteiger partial charge on any atom is 0.332 e. The van der Waals surface area contributed by atoms with E-state index in [2.05, 4.69) is 4.74 Å². The molecule has 0 fully saturated rings. The zero-order valence-corrected chi connectivity index (χ0v) is 14.1. The van der Waals surface area contributed by atoms with Gasteiger partial charge in [0.2, 0.25) is 0 Å². The molecule has 0 heterocycles. The van der Waals surface area contributed by atoms with Gasteiger partial charge in [0.05, 0.1) is 7.11 Å². The van der Waals surface area contributed by atoms with E-state index in [1.54, 1.807) is 20.8 Å². The summed E-state index contributed by atoms with van der Waals surface area (Å²) in [6, 6.07) is 9.06. The molecule has 0 aliphatic rings. The van der Waals surface area contributed by atoms with Crippen molar-refractivity contribution in [2.45, 2.75) is 38.8 Å². The van der Waals surface area contributed by atoms with E-state index in [0.717, 1.165) is 11.8 Å². The van der Waals surface area contributed by atoms with Gasteiger partial charge in [0, 0.05) is 12.3 Å². The van der Waals surface area contributed by atoms with Gasteiger partial charge in [-0.1, -0.05) is 30.3 Å². The predicted molar refractivity (Wildman–Crippen MR) is 89.3 cm³/mol. The largest absolute Gasteiger partial charge is 0.468 e. The molecule has 0 saturated carbocycles. The van der Waals surface area contributed by atoms with Gasteiger partial charge in [-0.25, -0.2) is 4.79 Å². The van der Waals surface area contributed by atoms with Crippen LogP contribution in [-0.2, 0) is 25.5 Å². The second kappa shape index (κ2) is 10.4. The van der Waals surface area contributed by atoms with Gasteiger partial charge in [-0.05, 0) is 32.8 Å². The van der Waals surface area contributed by atoms with Crippen LogP contribution >= 0.6 is 0 Å². The molecule has 1 aromatic rings. The SMILES string of the molecule is CC(C)(C)OC(=O)C=CN.COC(=O)[C@H](N)Cc1ccccc1. The first-order valence-electron chi connectivity index (χ1n) is 7.18. The van der Waals surface area contributed by atoms with Gasteiger partial charge in [-0.2, -0.15) is 0 Å². The number of nitrogens with two attached hydrogens (primary N) is 2. The summed E-state index contributed by atoms with van der Waals surface area (Å²) in [5, 5.41) is 0. The number of hydrogen-bond donors (Lipinski definition) is 2. The van der Waals surface area contributed by atoms with Gasteiger partial charge >= 0.3 is 11.9 Å². The van der Waals surface area contributed by atoms with E-state index in [0.29, 0.717) is 6.42 Å². The molecule has 0 aliphatic carbocycles. The molecule has 1 atom stereocenters. The molecule has 6 nitrogen and oxygen atoms in total. The maximum atomic E-state index is 11.0. The molecule has 1 rings (SSSR count). The first kappa shape index (κ1) is 20.7. The average Bonchev–Trinajstić information content (AvgIpc) is 2.46. The first-order valence-corrected chi connectivity index (χ1v) is 7.18. The minimum Gasteiger partial charge on any atom is -0.468 e. The molecule has 0 unspecified atom stereocenters. The fraction of sp³-hybridized carbons (Fsp3) is 0.412. The van der Waals surface area contributed by atoms with Gasteiger partial charge in [0.1, 0.15) is 11.6 Å². The second-order valence-electron chi connectivity index (χ2n) is 5.71.